The first-order valence-corrected chi connectivity index (χ1v) is 9.81. The molecular weight excluding hydrogens is 312 g/mol. The maximum atomic E-state index is 12.9. The Morgan fingerprint density at radius 3 is 2.96 bits per heavy atom. The van der Waals surface area contributed by atoms with Gasteiger partial charge < -0.3 is 10.1 Å². The molecule has 0 aromatic heterocycles. The first-order chi connectivity index (χ1) is 12.1. The number of anilines is 1. The summed E-state index contributed by atoms with van der Waals surface area (Å²) < 4.78 is 5.32. The van der Waals surface area contributed by atoms with Crippen LogP contribution >= 0.6 is 0 Å². The van der Waals surface area contributed by atoms with E-state index in [0.29, 0.717) is 12.0 Å². The van der Waals surface area contributed by atoms with Crippen LogP contribution in [0.25, 0.3) is 0 Å². The van der Waals surface area contributed by atoms with E-state index in [4.69, 9.17) is 4.74 Å². The fourth-order valence-corrected chi connectivity index (χ4v) is 8.44. The Hall–Kier alpha value is -1.55. The minimum atomic E-state index is -0.173. The number of nitrogens with one attached hydrogen (secondary N) is 1. The second kappa shape index (κ2) is 4.22. The molecule has 25 heavy (non-hydrogen) atoms. The molecule has 3 heterocycles. The Balaban J connectivity index is 1.67. The van der Waals surface area contributed by atoms with Crippen molar-refractivity contribution in [3.63, 3.8) is 0 Å². The highest BCUT2D eigenvalue weighted by molar-refractivity contribution is 5.82. The number of rotatable bonds is 1. The number of benzene rings is 1. The largest absolute Gasteiger partial charge is 0.469 e. The van der Waals surface area contributed by atoms with E-state index >= 15 is 0 Å². The monoisotopic (exact) mass is 338 g/mol. The molecule has 3 aliphatic heterocycles. The number of fused-ring (bicyclic) bond motifs is 1. The van der Waals surface area contributed by atoms with E-state index in [0.717, 1.165) is 6.42 Å². The third kappa shape index (κ3) is 1.23. The van der Waals surface area contributed by atoms with E-state index in [1.54, 1.807) is 7.11 Å². The number of ether oxygens (including phenoxy) is 1. The van der Waals surface area contributed by atoms with Crippen LogP contribution in [0.1, 0.15) is 38.2 Å². The predicted octanol–water partition coefficient (Wildman–Crippen LogP) is 2.79. The Labute approximate surface area is 148 Å². The number of hydrogen-bond acceptors (Lipinski definition) is 4. The molecule has 2 aliphatic carbocycles. The average Bonchev–Trinajstić information content (AvgIpc) is 3.29. The summed E-state index contributed by atoms with van der Waals surface area (Å²) in [6.45, 7) is 4.82. The Morgan fingerprint density at radius 1 is 1.28 bits per heavy atom. The predicted molar refractivity (Wildman–Crippen MR) is 95.4 cm³/mol. The minimum absolute atomic E-state index is 0.00844. The number of hydrogen-bond donors (Lipinski definition) is 1. The van der Waals surface area contributed by atoms with Crippen molar-refractivity contribution < 1.29 is 9.53 Å². The number of para-hydroxylation sites is 1. The van der Waals surface area contributed by atoms with E-state index in [9.17, 15) is 4.79 Å². The molecule has 3 spiro atoms. The molecule has 5 aliphatic rings. The van der Waals surface area contributed by atoms with Crippen molar-refractivity contribution in [2.75, 3.05) is 25.5 Å². The molecule has 2 bridgehead atoms. The first-order valence-electron chi connectivity index (χ1n) is 9.81. The molecule has 1 aromatic carbocycles. The number of carbonyl (C=O) groups excluding carboxylic acids is 1. The van der Waals surface area contributed by atoms with Gasteiger partial charge in [0.15, 0.2) is 0 Å². The molecule has 2 saturated carbocycles. The third-order valence-electron chi connectivity index (χ3n) is 8.91. The van der Waals surface area contributed by atoms with Gasteiger partial charge in [0.05, 0.1) is 18.6 Å². The quantitative estimate of drug-likeness (QED) is 0.800. The molecule has 1 aromatic rings. The Kier molecular flexibility index (Phi) is 2.47. The van der Waals surface area contributed by atoms with Crippen molar-refractivity contribution >= 4 is 11.7 Å². The highest BCUT2D eigenvalue weighted by atomic mass is 16.5. The lowest BCUT2D eigenvalue weighted by atomic mass is 9.56. The topological polar surface area (TPSA) is 41.6 Å². The average molecular weight is 338 g/mol. The van der Waals surface area contributed by atoms with Crippen molar-refractivity contribution in [1.29, 1.82) is 0 Å². The summed E-state index contributed by atoms with van der Waals surface area (Å²) in [5.74, 6) is 0.449. The Morgan fingerprint density at radius 2 is 2.12 bits per heavy atom. The van der Waals surface area contributed by atoms with Crippen LogP contribution in [0.5, 0.6) is 0 Å². The lowest BCUT2D eigenvalue weighted by Crippen LogP contribution is -2.63. The standard InChI is InChI=1S/C21H26N2O2/c1-13-19-8-5-10-23-11-9-20(18(19)23)14-6-3-4-7-16(14)22-21(13,20)15(12-19)17(24)25-2/h3-4,6-7,13,15,18,22H,5,8-12H2,1-2H3/t13-,15-,18+,19+,20-,21+/m1/s1. The van der Waals surface area contributed by atoms with Gasteiger partial charge in [-0.25, -0.2) is 0 Å². The zero-order valence-corrected chi connectivity index (χ0v) is 15.0. The molecular formula is C21H26N2O2. The van der Waals surface area contributed by atoms with Crippen LogP contribution in [0.3, 0.4) is 0 Å². The summed E-state index contributed by atoms with van der Waals surface area (Å²) in [6, 6.07) is 9.42. The van der Waals surface area contributed by atoms with Gasteiger partial charge in [0.25, 0.3) is 0 Å². The Bertz CT molecular complexity index is 794. The summed E-state index contributed by atoms with van der Waals surface area (Å²) >= 11 is 0. The molecule has 4 heteroatoms. The number of esters is 1. The van der Waals surface area contributed by atoms with Gasteiger partial charge in [0.2, 0.25) is 0 Å². The number of carbonyl (C=O) groups is 1. The van der Waals surface area contributed by atoms with Crippen LogP contribution in [0.2, 0.25) is 0 Å². The van der Waals surface area contributed by atoms with Gasteiger partial charge in [-0.3, -0.25) is 9.69 Å². The maximum absolute atomic E-state index is 12.9. The van der Waals surface area contributed by atoms with Gasteiger partial charge in [0.1, 0.15) is 0 Å². The number of nitrogens with zero attached hydrogens (tertiary/aromatic N) is 1. The SMILES string of the molecule is COC(=O)[C@H]1C[C@@]23CCCN4CC[C@@]5(c6ccccc6N[C@@]15[C@@H]2C)[C@@H]43. The van der Waals surface area contributed by atoms with Gasteiger partial charge in [-0.1, -0.05) is 25.1 Å². The molecule has 4 fully saturated rings. The zero-order chi connectivity index (χ0) is 17.0. The van der Waals surface area contributed by atoms with Gasteiger partial charge in [-0.2, -0.15) is 0 Å². The fourth-order valence-electron chi connectivity index (χ4n) is 8.44. The molecule has 2 saturated heterocycles. The lowest BCUT2D eigenvalue weighted by molar-refractivity contribution is -0.150. The first kappa shape index (κ1) is 14.6. The second-order valence-electron chi connectivity index (χ2n) is 9.04. The van der Waals surface area contributed by atoms with E-state index in [2.05, 4.69) is 41.4 Å². The molecule has 1 N–H and O–H groups in total. The lowest BCUT2D eigenvalue weighted by Gasteiger charge is -2.52. The van der Waals surface area contributed by atoms with Crippen molar-refractivity contribution in [2.24, 2.45) is 17.3 Å². The van der Waals surface area contributed by atoms with Crippen LogP contribution in [-0.2, 0) is 14.9 Å². The molecule has 6 atom stereocenters. The number of piperidine rings is 1. The minimum Gasteiger partial charge on any atom is -0.469 e. The molecule has 0 unspecified atom stereocenters. The molecule has 0 amide bonds. The van der Waals surface area contributed by atoms with Gasteiger partial charge in [-0.15, -0.1) is 0 Å². The highest BCUT2D eigenvalue weighted by Gasteiger charge is 2.86. The summed E-state index contributed by atoms with van der Waals surface area (Å²) in [5.41, 5.74) is 2.88. The van der Waals surface area contributed by atoms with Crippen molar-refractivity contribution in [2.45, 2.75) is 49.6 Å². The molecule has 132 valence electrons. The van der Waals surface area contributed by atoms with Gasteiger partial charge in [0, 0.05) is 17.1 Å². The summed E-state index contributed by atoms with van der Waals surface area (Å²) in [5, 5.41) is 3.96. The zero-order valence-electron chi connectivity index (χ0n) is 15.0. The summed E-state index contributed by atoms with van der Waals surface area (Å²) in [4.78, 5) is 15.7. The van der Waals surface area contributed by atoms with Crippen LogP contribution in [-0.4, -0.2) is 42.6 Å². The number of methoxy groups -OCH3 is 1. The fraction of sp³-hybridized carbons (Fsp3) is 0.667. The van der Waals surface area contributed by atoms with Crippen molar-refractivity contribution in [1.82, 2.24) is 4.90 Å². The van der Waals surface area contributed by atoms with Crippen LogP contribution < -0.4 is 5.32 Å². The van der Waals surface area contributed by atoms with Crippen LogP contribution in [0, 0.1) is 17.3 Å². The van der Waals surface area contributed by atoms with Crippen molar-refractivity contribution in [3.05, 3.63) is 29.8 Å². The normalized spacial score (nSPS) is 48.6. The van der Waals surface area contributed by atoms with Gasteiger partial charge >= 0.3 is 5.97 Å². The highest BCUT2D eigenvalue weighted by Crippen LogP contribution is 2.79. The molecule has 0 radical (unpaired) electrons. The molecule has 4 nitrogen and oxygen atoms in total. The van der Waals surface area contributed by atoms with Gasteiger partial charge in [-0.05, 0) is 61.7 Å². The summed E-state index contributed by atoms with van der Waals surface area (Å²) in [6.07, 6.45) is 4.69. The van der Waals surface area contributed by atoms with E-state index in [1.165, 1.54) is 43.6 Å². The summed E-state index contributed by atoms with van der Waals surface area (Å²) in [7, 11) is 1.56. The smallest absolute Gasteiger partial charge is 0.311 e. The molecule has 6 rings (SSSR count). The third-order valence-corrected chi connectivity index (χ3v) is 8.91. The van der Waals surface area contributed by atoms with Crippen LogP contribution in [0.15, 0.2) is 24.3 Å². The van der Waals surface area contributed by atoms with E-state index in [1.807, 2.05) is 0 Å². The van der Waals surface area contributed by atoms with Crippen LogP contribution in [0.4, 0.5) is 5.69 Å². The van der Waals surface area contributed by atoms with E-state index in [-0.39, 0.29) is 28.3 Å². The van der Waals surface area contributed by atoms with Crippen molar-refractivity contribution in [3.8, 4) is 0 Å². The second-order valence-corrected chi connectivity index (χ2v) is 9.04. The maximum Gasteiger partial charge on any atom is 0.311 e. The van der Waals surface area contributed by atoms with E-state index < -0.39 is 0 Å².